The first-order chi connectivity index (χ1) is 11.6. The topological polar surface area (TPSA) is 51.2 Å². The predicted molar refractivity (Wildman–Crippen MR) is 105 cm³/mol. The molecule has 0 unspecified atom stereocenters. The predicted octanol–water partition coefficient (Wildman–Crippen LogP) is 4.82. The quantitative estimate of drug-likeness (QED) is 0.578. The second-order valence-corrected chi connectivity index (χ2v) is 6.79. The van der Waals surface area contributed by atoms with Gasteiger partial charge in [-0.3, -0.25) is 9.78 Å². The van der Waals surface area contributed by atoms with Gasteiger partial charge in [0.05, 0.1) is 8.59 Å². The second-order valence-electron chi connectivity index (χ2n) is 5.22. The third kappa shape index (κ3) is 3.62. The Labute approximate surface area is 158 Å². The molecule has 0 fully saturated rings. The molecule has 0 atom stereocenters. The fourth-order valence-electron chi connectivity index (χ4n) is 2.32. The number of carbonyl (C=O) groups excluding carboxylic acids is 1. The first kappa shape index (κ1) is 17.0. The first-order valence-corrected chi connectivity index (χ1v) is 8.73. The number of hydrogen-bond acceptors (Lipinski definition) is 3. The van der Waals surface area contributed by atoms with Crippen molar-refractivity contribution < 1.29 is 9.53 Å². The van der Waals surface area contributed by atoms with E-state index < -0.39 is 0 Å². The molecule has 24 heavy (non-hydrogen) atoms. The van der Waals surface area contributed by atoms with Gasteiger partial charge in [0, 0.05) is 17.3 Å². The van der Waals surface area contributed by atoms with Crippen molar-refractivity contribution in [3.8, 4) is 5.75 Å². The van der Waals surface area contributed by atoms with E-state index in [1.165, 1.54) is 0 Å². The molecule has 0 aliphatic rings. The highest BCUT2D eigenvalue weighted by Gasteiger charge is 2.14. The minimum Gasteiger partial charge on any atom is -0.480 e. The highest BCUT2D eigenvalue weighted by atomic mass is 127. The van der Waals surface area contributed by atoms with E-state index in [1.54, 1.807) is 12.3 Å². The molecule has 1 N–H and O–H groups in total. The van der Waals surface area contributed by atoms with E-state index in [0.29, 0.717) is 16.3 Å². The summed E-state index contributed by atoms with van der Waals surface area (Å²) in [5.74, 6) is 0.342. The molecule has 2 aromatic carbocycles. The van der Waals surface area contributed by atoms with Crippen molar-refractivity contribution in [3.05, 3.63) is 62.8 Å². The van der Waals surface area contributed by atoms with Gasteiger partial charge in [0.15, 0.2) is 12.4 Å². The largest absolute Gasteiger partial charge is 0.480 e. The molecule has 122 valence electrons. The van der Waals surface area contributed by atoms with Crippen LogP contribution in [-0.4, -0.2) is 17.5 Å². The van der Waals surface area contributed by atoms with Crippen molar-refractivity contribution >= 4 is 56.7 Å². The van der Waals surface area contributed by atoms with Crippen LogP contribution < -0.4 is 10.1 Å². The zero-order chi connectivity index (χ0) is 17.1. The Bertz CT molecular complexity index is 915. The fraction of sp³-hybridized carbons (Fsp3) is 0.111. The normalized spacial score (nSPS) is 10.6. The molecule has 0 aliphatic heterocycles. The lowest BCUT2D eigenvalue weighted by Crippen LogP contribution is -2.21. The van der Waals surface area contributed by atoms with Crippen LogP contribution in [0.4, 0.5) is 5.69 Å². The molecule has 1 aromatic heterocycles. The summed E-state index contributed by atoms with van der Waals surface area (Å²) in [6, 6.07) is 13.1. The van der Waals surface area contributed by atoms with Gasteiger partial charge < -0.3 is 10.1 Å². The Hall–Kier alpha value is -1.86. The van der Waals surface area contributed by atoms with Crippen LogP contribution in [0, 0.1) is 10.5 Å². The number of fused-ring (bicyclic) bond motifs is 1. The summed E-state index contributed by atoms with van der Waals surface area (Å²) in [5, 5.41) is 4.26. The number of ether oxygens (including phenoxy) is 1. The SMILES string of the molecule is Cc1ccccc1NC(=O)COc1c(I)cc(Cl)c2cccnc12. The number of nitrogens with zero attached hydrogens (tertiary/aromatic N) is 1. The molecule has 0 radical (unpaired) electrons. The standard InChI is InChI=1S/C18H14ClIN2O2/c1-11-5-2-3-7-15(11)22-16(23)10-24-18-14(20)9-13(19)12-6-4-8-21-17(12)18/h2-9H,10H2,1H3,(H,22,23). The smallest absolute Gasteiger partial charge is 0.262 e. The van der Waals surface area contributed by atoms with Gasteiger partial charge in [-0.25, -0.2) is 0 Å². The van der Waals surface area contributed by atoms with Gasteiger partial charge in [-0.15, -0.1) is 0 Å². The molecule has 3 aromatic rings. The lowest BCUT2D eigenvalue weighted by molar-refractivity contribution is -0.118. The Kier molecular flexibility index (Phi) is 5.20. The summed E-state index contributed by atoms with van der Waals surface area (Å²) < 4.78 is 6.55. The van der Waals surface area contributed by atoms with Crippen molar-refractivity contribution in [1.82, 2.24) is 4.98 Å². The van der Waals surface area contributed by atoms with E-state index in [4.69, 9.17) is 16.3 Å². The summed E-state index contributed by atoms with van der Waals surface area (Å²) in [6.45, 7) is 1.84. The molecular formula is C18H14ClIN2O2. The molecule has 3 rings (SSSR count). The van der Waals surface area contributed by atoms with Crippen LogP contribution in [0.3, 0.4) is 0 Å². The third-order valence-electron chi connectivity index (χ3n) is 3.52. The molecule has 0 saturated heterocycles. The molecule has 0 aliphatic carbocycles. The number of aromatic nitrogens is 1. The number of nitrogens with one attached hydrogen (secondary N) is 1. The molecule has 6 heteroatoms. The number of amides is 1. The second kappa shape index (κ2) is 7.36. The summed E-state index contributed by atoms with van der Waals surface area (Å²) >= 11 is 8.37. The molecule has 1 amide bonds. The van der Waals surface area contributed by atoms with Crippen molar-refractivity contribution in [2.45, 2.75) is 6.92 Å². The van der Waals surface area contributed by atoms with E-state index in [1.807, 2.05) is 43.3 Å². The molecule has 0 spiro atoms. The van der Waals surface area contributed by atoms with E-state index in [9.17, 15) is 4.79 Å². The van der Waals surface area contributed by atoms with Crippen LogP contribution in [0.25, 0.3) is 10.9 Å². The molecular weight excluding hydrogens is 439 g/mol. The van der Waals surface area contributed by atoms with Crippen LogP contribution in [-0.2, 0) is 4.79 Å². The average Bonchev–Trinajstić information content (AvgIpc) is 2.57. The molecule has 0 bridgehead atoms. The fourth-order valence-corrected chi connectivity index (χ4v) is 3.49. The van der Waals surface area contributed by atoms with Crippen molar-refractivity contribution in [2.75, 3.05) is 11.9 Å². The maximum absolute atomic E-state index is 12.2. The van der Waals surface area contributed by atoms with Crippen LogP contribution in [0.1, 0.15) is 5.56 Å². The third-order valence-corrected chi connectivity index (χ3v) is 4.63. The number of anilines is 1. The number of hydrogen-bond donors (Lipinski definition) is 1. The van der Waals surface area contributed by atoms with Gasteiger partial charge in [-0.1, -0.05) is 29.8 Å². The highest BCUT2D eigenvalue weighted by Crippen LogP contribution is 2.34. The molecule has 4 nitrogen and oxygen atoms in total. The Morgan fingerprint density at radius 1 is 1.29 bits per heavy atom. The van der Waals surface area contributed by atoms with E-state index in [2.05, 4.69) is 32.9 Å². The van der Waals surface area contributed by atoms with Crippen molar-refractivity contribution in [2.24, 2.45) is 0 Å². The van der Waals surface area contributed by atoms with Crippen LogP contribution in [0.2, 0.25) is 5.02 Å². The maximum atomic E-state index is 12.2. The number of aryl methyl sites for hydroxylation is 1. The number of carbonyl (C=O) groups is 1. The zero-order valence-corrected chi connectivity index (χ0v) is 15.8. The molecule has 0 saturated carbocycles. The van der Waals surface area contributed by atoms with Crippen LogP contribution in [0.15, 0.2) is 48.7 Å². The van der Waals surface area contributed by atoms with Gasteiger partial charge in [-0.05, 0) is 59.3 Å². The Morgan fingerprint density at radius 2 is 2.08 bits per heavy atom. The van der Waals surface area contributed by atoms with Gasteiger partial charge in [0.25, 0.3) is 5.91 Å². The summed E-state index contributed by atoms with van der Waals surface area (Å²) in [5.41, 5.74) is 2.43. The summed E-state index contributed by atoms with van der Waals surface area (Å²) in [7, 11) is 0. The Morgan fingerprint density at radius 3 is 2.88 bits per heavy atom. The number of halogens is 2. The first-order valence-electron chi connectivity index (χ1n) is 7.27. The van der Waals surface area contributed by atoms with E-state index >= 15 is 0 Å². The van der Waals surface area contributed by atoms with Gasteiger partial charge in [0.1, 0.15) is 5.52 Å². The van der Waals surface area contributed by atoms with Crippen LogP contribution >= 0.6 is 34.2 Å². The number of para-hydroxylation sites is 1. The lowest BCUT2D eigenvalue weighted by atomic mass is 10.2. The maximum Gasteiger partial charge on any atom is 0.262 e. The van der Waals surface area contributed by atoms with Crippen molar-refractivity contribution in [1.29, 1.82) is 0 Å². The minimum absolute atomic E-state index is 0.0996. The lowest BCUT2D eigenvalue weighted by Gasteiger charge is -2.12. The minimum atomic E-state index is -0.223. The molecule has 1 heterocycles. The van der Waals surface area contributed by atoms with Gasteiger partial charge >= 0.3 is 0 Å². The zero-order valence-electron chi connectivity index (χ0n) is 12.8. The van der Waals surface area contributed by atoms with E-state index in [-0.39, 0.29) is 12.5 Å². The number of pyridine rings is 1. The van der Waals surface area contributed by atoms with Crippen LogP contribution in [0.5, 0.6) is 5.75 Å². The van der Waals surface area contributed by atoms with Crippen molar-refractivity contribution in [3.63, 3.8) is 0 Å². The van der Waals surface area contributed by atoms with E-state index in [0.717, 1.165) is 20.2 Å². The Balaban J connectivity index is 1.79. The highest BCUT2D eigenvalue weighted by molar-refractivity contribution is 14.1. The number of benzene rings is 2. The van der Waals surface area contributed by atoms with Gasteiger partial charge in [-0.2, -0.15) is 0 Å². The summed E-state index contributed by atoms with van der Waals surface area (Å²) in [6.07, 6.45) is 1.68. The monoisotopic (exact) mass is 452 g/mol. The number of rotatable bonds is 4. The average molecular weight is 453 g/mol. The van der Waals surface area contributed by atoms with Gasteiger partial charge in [0.2, 0.25) is 0 Å². The summed E-state index contributed by atoms with van der Waals surface area (Å²) in [4.78, 5) is 16.5.